The summed E-state index contributed by atoms with van der Waals surface area (Å²) in [6.45, 7) is 8.05. The van der Waals surface area contributed by atoms with Gasteiger partial charge in [0.15, 0.2) is 0 Å². The molecule has 2 N–H and O–H groups in total. The standard InChI is InChI=1S/C14H27NO3/c1-5-7-9-12(14(17)18)15-13(16)11(8-6-2)10(3)4/h10-12H,5-9H2,1-4H3,(H,15,16)(H,17,18). The Hall–Kier alpha value is -1.06. The van der Waals surface area contributed by atoms with Crippen LogP contribution in [-0.4, -0.2) is 23.0 Å². The lowest BCUT2D eigenvalue weighted by molar-refractivity contribution is -0.143. The Balaban J connectivity index is 4.50. The van der Waals surface area contributed by atoms with Crippen LogP contribution in [0.4, 0.5) is 0 Å². The Morgan fingerprint density at radius 2 is 1.72 bits per heavy atom. The zero-order valence-electron chi connectivity index (χ0n) is 12.0. The summed E-state index contributed by atoms with van der Waals surface area (Å²) in [4.78, 5) is 23.2. The summed E-state index contributed by atoms with van der Waals surface area (Å²) in [7, 11) is 0. The number of aliphatic carboxylic acids is 1. The van der Waals surface area contributed by atoms with E-state index in [1.807, 2.05) is 27.7 Å². The molecule has 2 atom stereocenters. The number of carboxylic acid groups (broad SMARTS) is 1. The monoisotopic (exact) mass is 257 g/mol. The van der Waals surface area contributed by atoms with Crippen molar-refractivity contribution in [3.05, 3.63) is 0 Å². The van der Waals surface area contributed by atoms with E-state index in [0.717, 1.165) is 25.7 Å². The van der Waals surface area contributed by atoms with E-state index in [9.17, 15) is 9.59 Å². The minimum atomic E-state index is -0.934. The van der Waals surface area contributed by atoms with Crippen LogP contribution < -0.4 is 5.32 Å². The van der Waals surface area contributed by atoms with Gasteiger partial charge in [-0.3, -0.25) is 4.79 Å². The second kappa shape index (κ2) is 8.95. The van der Waals surface area contributed by atoms with Gasteiger partial charge in [0.05, 0.1) is 0 Å². The molecule has 0 aromatic heterocycles. The maximum absolute atomic E-state index is 12.1. The molecule has 0 rings (SSSR count). The molecule has 0 aliphatic heterocycles. The molecule has 106 valence electrons. The van der Waals surface area contributed by atoms with Crippen molar-refractivity contribution in [3.63, 3.8) is 0 Å². The van der Waals surface area contributed by atoms with Crippen LogP contribution in [0.15, 0.2) is 0 Å². The molecule has 2 unspecified atom stereocenters. The normalized spacial score (nSPS) is 14.3. The van der Waals surface area contributed by atoms with Crippen molar-refractivity contribution in [2.45, 2.75) is 65.8 Å². The third kappa shape index (κ3) is 6.03. The molecule has 0 bridgehead atoms. The van der Waals surface area contributed by atoms with E-state index in [-0.39, 0.29) is 17.7 Å². The molecule has 0 saturated heterocycles. The van der Waals surface area contributed by atoms with Crippen molar-refractivity contribution in [1.82, 2.24) is 5.32 Å². The summed E-state index contributed by atoms with van der Waals surface area (Å²) in [6, 6.07) is -0.740. The van der Waals surface area contributed by atoms with Gasteiger partial charge in [0.1, 0.15) is 6.04 Å². The van der Waals surface area contributed by atoms with Crippen LogP contribution in [0.2, 0.25) is 0 Å². The summed E-state index contributed by atoms with van der Waals surface area (Å²) >= 11 is 0. The molecule has 0 spiro atoms. The molecule has 0 saturated carbocycles. The van der Waals surface area contributed by atoms with Crippen molar-refractivity contribution < 1.29 is 14.7 Å². The number of hydrogen-bond acceptors (Lipinski definition) is 2. The number of amides is 1. The first-order valence-electron chi connectivity index (χ1n) is 6.97. The minimum absolute atomic E-state index is 0.0847. The van der Waals surface area contributed by atoms with Crippen LogP contribution in [0.25, 0.3) is 0 Å². The summed E-state index contributed by atoms with van der Waals surface area (Å²) < 4.78 is 0. The lowest BCUT2D eigenvalue weighted by Crippen LogP contribution is -2.44. The number of carboxylic acids is 1. The number of hydrogen-bond donors (Lipinski definition) is 2. The van der Waals surface area contributed by atoms with Gasteiger partial charge in [0.2, 0.25) is 5.91 Å². The van der Waals surface area contributed by atoms with Gasteiger partial charge in [-0.25, -0.2) is 4.79 Å². The highest BCUT2D eigenvalue weighted by Gasteiger charge is 2.26. The fourth-order valence-electron chi connectivity index (χ4n) is 2.02. The van der Waals surface area contributed by atoms with E-state index in [4.69, 9.17) is 5.11 Å². The van der Waals surface area contributed by atoms with Crippen molar-refractivity contribution in [1.29, 1.82) is 0 Å². The summed E-state index contributed by atoms with van der Waals surface area (Å²) in [5, 5.41) is 11.8. The average Bonchev–Trinajstić information content (AvgIpc) is 2.30. The van der Waals surface area contributed by atoms with Gasteiger partial charge in [-0.2, -0.15) is 0 Å². The summed E-state index contributed by atoms with van der Waals surface area (Å²) in [5.41, 5.74) is 0. The van der Waals surface area contributed by atoms with E-state index in [0.29, 0.717) is 6.42 Å². The van der Waals surface area contributed by atoms with E-state index in [1.165, 1.54) is 0 Å². The molecule has 0 aromatic carbocycles. The Bertz CT molecular complexity index is 264. The van der Waals surface area contributed by atoms with Crippen molar-refractivity contribution >= 4 is 11.9 Å². The number of carbonyl (C=O) groups excluding carboxylic acids is 1. The summed E-state index contributed by atoms with van der Waals surface area (Å²) in [6.07, 6.45) is 4.00. The van der Waals surface area contributed by atoms with Gasteiger partial charge in [0.25, 0.3) is 0 Å². The van der Waals surface area contributed by atoms with Crippen LogP contribution in [0.1, 0.15) is 59.8 Å². The number of unbranched alkanes of at least 4 members (excludes halogenated alkanes) is 1. The Kier molecular flexibility index (Phi) is 8.42. The van der Waals surface area contributed by atoms with Gasteiger partial charge < -0.3 is 10.4 Å². The van der Waals surface area contributed by atoms with Crippen LogP contribution in [0.5, 0.6) is 0 Å². The molecular formula is C14H27NO3. The number of rotatable bonds is 9. The SMILES string of the molecule is CCCCC(NC(=O)C(CCC)C(C)C)C(=O)O. The second-order valence-corrected chi connectivity index (χ2v) is 5.18. The largest absolute Gasteiger partial charge is 0.480 e. The van der Waals surface area contributed by atoms with Gasteiger partial charge in [-0.05, 0) is 18.8 Å². The molecular weight excluding hydrogens is 230 g/mol. The molecule has 0 aromatic rings. The molecule has 0 fully saturated rings. The van der Waals surface area contributed by atoms with Gasteiger partial charge >= 0.3 is 5.97 Å². The number of carbonyl (C=O) groups is 2. The molecule has 18 heavy (non-hydrogen) atoms. The first-order chi connectivity index (χ1) is 8.43. The smallest absolute Gasteiger partial charge is 0.326 e. The zero-order chi connectivity index (χ0) is 14.1. The quantitative estimate of drug-likeness (QED) is 0.667. The molecule has 0 radical (unpaired) electrons. The van der Waals surface area contributed by atoms with Crippen LogP contribution in [0.3, 0.4) is 0 Å². The molecule has 0 aliphatic carbocycles. The van der Waals surface area contributed by atoms with Crippen molar-refractivity contribution in [3.8, 4) is 0 Å². The molecule has 4 nitrogen and oxygen atoms in total. The fraction of sp³-hybridized carbons (Fsp3) is 0.857. The fourth-order valence-corrected chi connectivity index (χ4v) is 2.02. The molecule has 1 amide bonds. The Morgan fingerprint density at radius 3 is 2.11 bits per heavy atom. The maximum Gasteiger partial charge on any atom is 0.326 e. The second-order valence-electron chi connectivity index (χ2n) is 5.18. The van der Waals surface area contributed by atoms with E-state index in [2.05, 4.69) is 5.32 Å². The average molecular weight is 257 g/mol. The third-order valence-corrected chi connectivity index (χ3v) is 3.20. The zero-order valence-corrected chi connectivity index (χ0v) is 12.0. The van der Waals surface area contributed by atoms with Crippen molar-refractivity contribution in [2.75, 3.05) is 0 Å². The maximum atomic E-state index is 12.1. The highest BCUT2D eigenvalue weighted by molar-refractivity contribution is 5.85. The first kappa shape index (κ1) is 16.9. The van der Waals surface area contributed by atoms with Gasteiger partial charge in [-0.15, -0.1) is 0 Å². The molecule has 0 heterocycles. The molecule has 0 aliphatic rings. The van der Waals surface area contributed by atoms with Crippen LogP contribution in [0, 0.1) is 11.8 Å². The van der Waals surface area contributed by atoms with Crippen molar-refractivity contribution in [2.24, 2.45) is 11.8 Å². The topological polar surface area (TPSA) is 66.4 Å². The van der Waals surface area contributed by atoms with Gasteiger partial charge in [0, 0.05) is 5.92 Å². The summed E-state index contributed by atoms with van der Waals surface area (Å²) in [5.74, 6) is -0.893. The van der Waals surface area contributed by atoms with Crippen LogP contribution >= 0.6 is 0 Å². The number of nitrogens with one attached hydrogen (secondary N) is 1. The first-order valence-corrected chi connectivity index (χ1v) is 6.97. The molecule has 4 heteroatoms. The van der Waals surface area contributed by atoms with E-state index >= 15 is 0 Å². The predicted molar refractivity (Wildman–Crippen MR) is 72.3 cm³/mol. The third-order valence-electron chi connectivity index (χ3n) is 3.20. The Morgan fingerprint density at radius 1 is 1.11 bits per heavy atom. The highest BCUT2D eigenvalue weighted by atomic mass is 16.4. The van der Waals surface area contributed by atoms with Crippen LogP contribution in [-0.2, 0) is 9.59 Å². The predicted octanol–water partition coefficient (Wildman–Crippen LogP) is 2.82. The van der Waals surface area contributed by atoms with E-state index in [1.54, 1.807) is 0 Å². The minimum Gasteiger partial charge on any atom is -0.480 e. The van der Waals surface area contributed by atoms with E-state index < -0.39 is 12.0 Å². The highest BCUT2D eigenvalue weighted by Crippen LogP contribution is 2.17. The van der Waals surface area contributed by atoms with Gasteiger partial charge in [-0.1, -0.05) is 47.0 Å². The Labute approximate surface area is 110 Å². The lowest BCUT2D eigenvalue weighted by atomic mass is 9.90. The lowest BCUT2D eigenvalue weighted by Gasteiger charge is -2.22.